The van der Waals surface area contributed by atoms with Crippen molar-refractivity contribution in [3.8, 4) is 5.75 Å². The molecule has 17 heavy (non-hydrogen) atoms. The molecule has 0 aliphatic carbocycles. The van der Waals surface area contributed by atoms with Gasteiger partial charge in [-0.25, -0.2) is 0 Å². The van der Waals surface area contributed by atoms with Crippen LogP contribution < -0.4 is 4.74 Å². The molecule has 1 unspecified atom stereocenters. The summed E-state index contributed by atoms with van der Waals surface area (Å²) in [6, 6.07) is 8.33. The van der Waals surface area contributed by atoms with Crippen molar-refractivity contribution >= 4 is 6.29 Å². The quantitative estimate of drug-likeness (QED) is 0.503. The van der Waals surface area contributed by atoms with Crippen LogP contribution in [0.1, 0.15) is 50.5 Å². The third kappa shape index (κ3) is 4.59. The van der Waals surface area contributed by atoms with E-state index in [2.05, 4.69) is 19.1 Å². The van der Waals surface area contributed by atoms with Gasteiger partial charge in [-0.2, -0.15) is 0 Å². The van der Waals surface area contributed by atoms with E-state index in [1.807, 2.05) is 12.1 Å². The zero-order valence-electron chi connectivity index (χ0n) is 10.8. The number of benzene rings is 1. The van der Waals surface area contributed by atoms with Crippen LogP contribution in [0.5, 0.6) is 5.75 Å². The van der Waals surface area contributed by atoms with Gasteiger partial charge in [0.2, 0.25) is 0 Å². The highest BCUT2D eigenvalue weighted by atomic mass is 16.5. The molecule has 0 spiro atoms. The highest BCUT2D eigenvalue weighted by Gasteiger charge is 2.08. The Morgan fingerprint density at radius 2 is 1.94 bits per heavy atom. The molecule has 0 amide bonds. The van der Waals surface area contributed by atoms with Crippen molar-refractivity contribution in [3.63, 3.8) is 0 Å². The first-order chi connectivity index (χ1) is 8.31. The third-order valence-corrected chi connectivity index (χ3v) is 3.20. The number of unbranched alkanes of at least 4 members (excludes halogenated alkanes) is 2. The van der Waals surface area contributed by atoms with Gasteiger partial charge < -0.3 is 9.53 Å². The summed E-state index contributed by atoms with van der Waals surface area (Å²) < 4.78 is 5.16. The van der Waals surface area contributed by atoms with Gasteiger partial charge in [-0.1, -0.05) is 25.5 Å². The monoisotopic (exact) mass is 234 g/mol. The van der Waals surface area contributed by atoms with Crippen LogP contribution in [-0.4, -0.2) is 13.4 Å². The Labute approximate surface area is 104 Å². The molecule has 2 nitrogen and oxygen atoms in total. The average Bonchev–Trinajstić information content (AvgIpc) is 2.39. The van der Waals surface area contributed by atoms with E-state index >= 15 is 0 Å². The second-order valence-corrected chi connectivity index (χ2v) is 4.33. The first-order valence-electron chi connectivity index (χ1n) is 6.39. The van der Waals surface area contributed by atoms with Gasteiger partial charge in [-0.15, -0.1) is 0 Å². The van der Waals surface area contributed by atoms with Gasteiger partial charge in [0.05, 0.1) is 7.11 Å². The molecule has 0 fully saturated rings. The van der Waals surface area contributed by atoms with Gasteiger partial charge in [0.15, 0.2) is 0 Å². The van der Waals surface area contributed by atoms with E-state index in [-0.39, 0.29) is 0 Å². The van der Waals surface area contributed by atoms with Gasteiger partial charge in [0, 0.05) is 6.42 Å². The predicted octanol–water partition coefficient (Wildman–Crippen LogP) is 3.95. The molecule has 94 valence electrons. The normalized spacial score (nSPS) is 12.1. The Hall–Kier alpha value is -1.31. The Kier molecular flexibility index (Phi) is 6.38. The first-order valence-corrected chi connectivity index (χ1v) is 6.39. The van der Waals surface area contributed by atoms with Crippen molar-refractivity contribution in [2.24, 2.45) is 0 Å². The lowest BCUT2D eigenvalue weighted by atomic mass is 9.91. The van der Waals surface area contributed by atoms with E-state index in [1.165, 1.54) is 5.56 Å². The molecule has 0 aromatic heterocycles. The smallest absolute Gasteiger partial charge is 0.119 e. The standard InChI is InChI=1S/C15H22O2/c1-3-13(7-5-4-6-12-16)14-8-10-15(17-2)11-9-14/h8-13H,3-7H2,1-2H3. The molecule has 0 radical (unpaired) electrons. The lowest BCUT2D eigenvalue weighted by molar-refractivity contribution is -0.107. The molecule has 0 saturated carbocycles. The summed E-state index contributed by atoms with van der Waals surface area (Å²) in [5.41, 5.74) is 1.37. The molecule has 1 atom stereocenters. The molecule has 1 aromatic carbocycles. The van der Waals surface area contributed by atoms with E-state index in [0.717, 1.165) is 37.7 Å². The fourth-order valence-electron chi connectivity index (χ4n) is 2.10. The number of methoxy groups -OCH3 is 1. The zero-order chi connectivity index (χ0) is 12.5. The summed E-state index contributed by atoms with van der Waals surface area (Å²) in [7, 11) is 1.69. The molecule has 1 rings (SSSR count). The largest absolute Gasteiger partial charge is 0.497 e. The lowest BCUT2D eigenvalue weighted by Crippen LogP contribution is -1.98. The summed E-state index contributed by atoms with van der Waals surface area (Å²) in [4.78, 5) is 10.2. The summed E-state index contributed by atoms with van der Waals surface area (Å²) >= 11 is 0. The second-order valence-electron chi connectivity index (χ2n) is 4.33. The van der Waals surface area contributed by atoms with Crippen LogP contribution in [0.4, 0.5) is 0 Å². The number of carbonyl (C=O) groups is 1. The summed E-state index contributed by atoms with van der Waals surface area (Å²) in [5, 5.41) is 0. The van der Waals surface area contributed by atoms with Crippen LogP contribution in [0, 0.1) is 0 Å². The molecule has 0 saturated heterocycles. The van der Waals surface area contributed by atoms with Gasteiger partial charge >= 0.3 is 0 Å². The number of ether oxygens (including phenoxy) is 1. The van der Waals surface area contributed by atoms with Crippen molar-refractivity contribution < 1.29 is 9.53 Å². The van der Waals surface area contributed by atoms with Gasteiger partial charge in [-0.3, -0.25) is 0 Å². The molecular formula is C15H22O2. The molecule has 0 N–H and O–H groups in total. The van der Waals surface area contributed by atoms with Crippen LogP contribution in [0.3, 0.4) is 0 Å². The summed E-state index contributed by atoms with van der Waals surface area (Å²) in [6.45, 7) is 2.22. The Balaban J connectivity index is 2.50. The van der Waals surface area contributed by atoms with E-state index < -0.39 is 0 Å². The van der Waals surface area contributed by atoms with E-state index in [0.29, 0.717) is 12.3 Å². The molecule has 0 bridgehead atoms. The van der Waals surface area contributed by atoms with Gasteiger partial charge in [0.25, 0.3) is 0 Å². The maximum atomic E-state index is 10.2. The topological polar surface area (TPSA) is 26.3 Å². The van der Waals surface area contributed by atoms with Crippen molar-refractivity contribution in [1.29, 1.82) is 0 Å². The lowest BCUT2D eigenvalue weighted by Gasteiger charge is -2.15. The van der Waals surface area contributed by atoms with E-state index in [1.54, 1.807) is 7.11 Å². The van der Waals surface area contributed by atoms with Crippen LogP contribution in [-0.2, 0) is 4.79 Å². The van der Waals surface area contributed by atoms with Crippen molar-refractivity contribution in [2.45, 2.75) is 44.9 Å². The predicted molar refractivity (Wildman–Crippen MR) is 70.6 cm³/mol. The zero-order valence-corrected chi connectivity index (χ0v) is 10.8. The summed E-state index contributed by atoms with van der Waals surface area (Å²) in [5.74, 6) is 1.51. The molecule has 0 heterocycles. The maximum Gasteiger partial charge on any atom is 0.119 e. The highest BCUT2D eigenvalue weighted by Crippen LogP contribution is 2.27. The third-order valence-electron chi connectivity index (χ3n) is 3.20. The Bertz CT molecular complexity index is 316. The van der Waals surface area contributed by atoms with Crippen molar-refractivity contribution in [3.05, 3.63) is 29.8 Å². The van der Waals surface area contributed by atoms with Crippen LogP contribution in [0.2, 0.25) is 0 Å². The minimum atomic E-state index is 0.604. The minimum absolute atomic E-state index is 0.604. The molecule has 1 aromatic rings. The first kappa shape index (κ1) is 13.8. The van der Waals surface area contributed by atoms with Crippen LogP contribution >= 0.6 is 0 Å². The highest BCUT2D eigenvalue weighted by molar-refractivity contribution is 5.48. The number of hydrogen-bond donors (Lipinski definition) is 0. The number of carbonyl (C=O) groups excluding carboxylic acids is 1. The summed E-state index contributed by atoms with van der Waals surface area (Å²) in [6.07, 6.45) is 6.15. The number of hydrogen-bond acceptors (Lipinski definition) is 2. The van der Waals surface area contributed by atoms with Crippen molar-refractivity contribution in [2.75, 3.05) is 7.11 Å². The molecular weight excluding hydrogens is 212 g/mol. The van der Waals surface area contributed by atoms with Crippen LogP contribution in [0.15, 0.2) is 24.3 Å². The number of aldehydes is 1. The average molecular weight is 234 g/mol. The molecule has 0 aliphatic heterocycles. The van der Waals surface area contributed by atoms with Gasteiger partial charge in [0.1, 0.15) is 12.0 Å². The van der Waals surface area contributed by atoms with E-state index in [4.69, 9.17) is 4.74 Å². The van der Waals surface area contributed by atoms with Gasteiger partial charge in [-0.05, 0) is 42.9 Å². The van der Waals surface area contributed by atoms with Crippen LogP contribution in [0.25, 0.3) is 0 Å². The SMILES string of the molecule is CCC(CCCCC=O)c1ccc(OC)cc1. The molecule has 2 heteroatoms. The maximum absolute atomic E-state index is 10.2. The fourth-order valence-corrected chi connectivity index (χ4v) is 2.10. The van der Waals surface area contributed by atoms with E-state index in [9.17, 15) is 4.79 Å². The second kappa shape index (κ2) is 7.88. The Morgan fingerprint density at radius 3 is 2.47 bits per heavy atom. The minimum Gasteiger partial charge on any atom is -0.497 e. The fraction of sp³-hybridized carbons (Fsp3) is 0.533. The molecule has 0 aliphatic rings. The van der Waals surface area contributed by atoms with Crippen molar-refractivity contribution in [1.82, 2.24) is 0 Å². The number of rotatable bonds is 8. The Morgan fingerprint density at radius 1 is 1.24 bits per heavy atom.